The van der Waals surface area contributed by atoms with Gasteiger partial charge in [0.15, 0.2) is 5.17 Å². The fourth-order valence-electron chi connectivity index (χ4n) is 4.79. The second-order valence-corrected chi connectivity index (χ2v) is 11.2. The summed E-state index contributed by atoms with van der Waals surface area (Å²) in [7, 11) is 2.15. The Morgan fingerprint density at radius 2 is 2.00 bits per heavy atom. The van der Waals surface area contributed by atoms with E-state index in [9.17, 15) is 18.0 Å². The van der Waals surface area contributed by atoms with E-state index in [1.165, 1.54) is 41.4 Å². The molecular formula is C27H27ClF3N5OS. The van der Waals surface area contributed by atoms with Crippen molar-refractivity contribution < 1.29 is 18.0 Å². The van der Waals surface area contributed by atoms with Crippen LogP contribution in [-0.4, -0.2) is 52.4 Å². The third kappa shape index (κ3) is 6.24. The number of alkyl halides is 3. The number of nitrogens with one attached hydrogen (secondary N) is 1. The first-order valence-corrected chi connectivity index (χ1v) is 13.6. The van der Waals surface area contributed by atoms with E-state index in [-0.39, 0.29) is 23.0 Å². The maximum absolute atomic E-state index is 13.5. The third-order valence-electron chi connectivity index (χ3n) is 6.94. The predicted molar refractivity (Wildman–Crippen MR) is 146 cm³/mol. The molecule has 2 aliphatic heterocycles. The fraction of sp³-hybridized carbons (Fsp3) is 0.370. The number of thioether (sulfide) groups is 1. The van der Waals surface area contributed by atoms with Crippen LogP contribution in [-0.2, 0) is 17.5 Å². The van der Waals surface area contributed by atoms with E-state index < -0.39 is 11.7 Å². The molecule has 6 nitrogen and oxygen atoms in total. The second kappa shape index (κ2) is 11.1. The molecule has 5 rings (SSSR count). The Bertz CT molecular complexity index is 1410. The zero-order valence-electron chi connectivity index (χ0n) is 20.8. The van der Waals surface area contributed by atoms with Crippen LogP contribution in [0.15, 0.2) is 52.5 Å². The topological polar surface area (TPSA) is 62.5 Å². The van der Waals surface area contributed by atoms with Gasteiger partial charge in [-0.25, -0.2) is 0 Å². The molecule has 11 heteroatoms. The van der Waals surface area contributed by atoms with E-state index in [2.05, 4.69) is 27.4 Å². The van der Waals surface area contributed by atoms with Crippen LogP contribution >= 0.6 is 23.4 Å². The van der Waals surface area contributed by atoms with Gasteiger partial charge in [-0.2, -0.15) is 18.3 Å². The van der Waals surface area contributed by atoms with E-state index in [1.807, 2.05) is 12.1 Å². The molecule has 2 aliphatic rings. The Kier molecular flexibility index (Phi) is 7.83. The van der Waals surface area contributed by atoms with Crippen LogP contribution in [0.4, 0.5) is 13.2 Å². The van der Waals surface area contributed by atoms with Crippen LogP contribution in [0.1, 0.15) is 36.0 Å². The van der Waals surface area contributed by atoms with E-state index in [0.29, 0.717) is 28.1 Å². The lowest BCUT2D eigenvalue weighted by atomic mass is 9.94. The van der Waals surface area contributed by atoms with Crippen molar-refractivity contribution >= 4 is 51.4 Å². The van der Waals surface area contributed by atoms with Crippen molar-refractivity contribution in [1.29, 1.82) is 0 Å². The lowest BCUT2D eigenvalue weighted by Crippen LogP contribution is -2.30. The molecule has 3 aromatic rings. The molecule has 2 saturated heterocycles. The smallest absolute Gasteiger partial charge is 0.306 e. The number of piperidine rings is 1. The van der Waals surface area contributed by atoms with Gasteiger partial charge in [0.05, 0.1) is 28.7 Å². The number of amides is 1. The van der Waals surface area contributed by atoms with Gasteiger partial charge in [0, 0.05) is 17.0 Å². The molecule has 0 aliphatic carbocycles. The standard InChI is InChI=1S/C27H27ClF3N5OS/c1-35-10-7-17(8-11-35)6-9-32-26-34-25(37)24(38-26)13-18-2-5-23-20(12-18)15-33-36(23)16-19-3-4-21(28)14-22(19)27(29,30)31/h2-5,12-15,17H,6-11,16H2,1H3,(H,32,34,37)/b24-13-. The van der Waals surface area contributed by atoms with Crippen molar-refractivity contribution in [3.63, 3.8) is 0 Å². The van der Waals surface area contributed by atoms with Crippen LogP contribution in [0.3, 0.4) is 0 Å². The lowest BCUT2D eigenvalue weighted by molar-refractivity contribution is -0.138. The predicted octanol–water partition coefficient (Wildman–Crippen LogP) is 6.05. The number of nitrogens with zero attached hydrogens (tertiary/aromatic N) is 4. The molecule has 1 aromatic heterocycles. The van der Waals surface area contributed by atoms with Crippen LogP contribution in [0.5, 0.6) is 0 Å². The summed E-state index contributed by atoms with van der Waals surface area (Å²) in [5.74, 6) is 0.492. The minimum absolute atomic E-state index is 0.0309. The summed E-state index contributed by atoms with van der Waals surface area (Å²) in [5.41, 5.74) is 0.794. The number of carbonyl (C=O) groups excluding carboxylic acids is 1. The molecule has 3 heterocycles. The largest absolute Gasteiger partial charge is 0.416 e. The highest BCUT2D eigenvalue weighted by Gasteiger charge is 2.33. The maximum Gasteiger partial charge on any atom is 0.416 e. The number of carbonyl (C=O) groups is 1. The lowest BCUT2D eigenvalue weighted by Gasteiger charge is -2.28. The summed E-state index contributed by atoms with van der Waals surface area (Å²) < 4.78 is 42.0. The van der Waals surface area contributed by atoms with Gasteiger partial charge >= 0.3 is 6.18 Å². The number of hydrogen-bond donors (Lipinski definition) is 1. The first kappa shape index (κ1) is 26.8. The highest BCUT2D eigenvalue weighted by molar-refractivity contribution is 8.18. The van der Waals surface area contributed by atoms with Gasteiger partial charge in [0.1, 0.15) is 0 Å². The van der Waals surface area contributed by atoms with Crippen molar-refractivity contribution in [3.8, 4) is 0 Å². The first-order chi connectivity index (χ1) is 18.2. The van der Waals surface area contributed by atoms with Crippen molar-refractivity contribution in [1.82, 2.24) is 20.0 Å². The molecule has 0 spiro atoms. The molecule has 200 valence electrons. The second-order valence-electron chi connectivity index (χ2n) is 9.71. The monoisotopic (exact) mass is 561 g/mol. The number of aliphatic imine (C=N–C) groups is 1. The number of halogens is 4. The highest BCUT2D eigenvalue weighted by Crippen LogP contribution is 2.35. The van der Waals surface area contributed by atoms with Crippen molar-refractivity contribution in [2.75, 3.05) is 26.7 Å². The van der Waals surface area contributed by atoms with E-state index in [1.54, 1.807) is 18.3 Å². The summed E-state index contributed by atoms with van der Waals surface area (Å²) in [4.78, 5) is 20.0. The highest BCUT2D eigenvalue weighted by atomic mass is 35.5. The van der Waals surface area contributed by atoms with Gasteiger partial charge in [0.25, 0.3) is 5.91 Å². The molecule has 0 unspecified atom stereocenters. The number of likely N-dealkylation sites (tertiary alicyclic amines) is 1. The third-order valence-corrected chi connectivity index (χ3v) is 8.13. The molecule has 0 bridgehead atoms. The summed E-state index contributed by atoms with van der Waals surface area (Å²) in [6.45, 7) is 2.89. The van der Waals surface area contributed by atoms with Crippen molar-refractivity contribution in [3.05, 3.63) is 69.2 Å². The van der Waals surface area contributed by atoms with E-state index >= 15 is 0 Å². The van der Waals surface area contributed by atoms with Crippen molar-refractivity contribution in [2.24, 2.45) is 10.9 Å². The number of fused-ring (bicyclic) bond motifs is 1. The summed E-state index contributed by atoms with van der Waals surface area (Å²) >= 11 is 7.12. The minimum atomic E-state index is -4.52. The Hall–Kier alpha value is -2.82. The molecule has 1 amide bonds. The molecule has 0 saturated carbocycles. The molecule has 0 atom stereocenters. The van der Waals surface area contributed by atoms with Crippen molar-refractivity contribution in [2.45, 2.75) is 32.0 Å². The van der Waals surface area contributed by atoms with Gasteiger partial charge in [-0.15, -0.1) is 0 Å². The average Bonchev–Trinajstić information content (AvgIpc) is 3.43. The number of aromatic nitrogens is 2. The summed E-state index contributed by atoms with van der Waals surface area (Å²) in [5, 5.41) is 8.55. The average molecular weight is 562 g/mol. The van der Waals surface area contributed by atoms with Crippen LogP contribution in [0, 0.1) is 5.92 Å². The molecule has 0 radical (unpaired) electrons. The van der Waals surface area contributed by atoms with E-state index in [0.717, 1.165) is 36.5 Å². The number of rotatable bonds is 6. The van der Waals surface area contributed by atoms with Gasteiger partial charge in [-0.05, 0) is 98.5 Å². The Morgan fingerprint density at radius 1 is 1.21 bits per heavy atom. The number of benzene rings is 2. The Morgan fingerprint density at radius 3 is 2.76 bits per heavy atom. The van der Waals surface area contributed by atoms with Gasteiger partial charge in [-0.1, -0.05) is 23.7 Å². The minimum Gasteiger partial charge on any atom is -0.306 e. The molecule has 2 aromatic carbocycles. The normalized spacial score (nSPS) is 19.7. The zero-order valence-corrected chi connectivity index (χ0v) is 22.3. The molecular weight excluding hydrogens is 535 g/mol. The van der Waals surface area contributed by atoms with Gasteiger partial charge in [-0.3, -0.25) is 14.5 Å². The summed E-state index contributed by atoms with van der Waals surface area (Å²) in [6.07, 6.45) is 2.28. The maximum atomic E-state index is 13.5. The van der Waals surface area contributed by atoms with Gasteiger partial charge in [0.2, 0.25) is 0 Å². The first-order valence-electron chi connectivity index (χ1n) is 12.4. The quantitative estimate of drug-likeness (QED) is 0.372. The van der Waals surface area contributed by atoms with Crippen LogP contribution in [0.2, 0.25) is 5.02 Å². The fourth-order valence-corrected chi connectivity index (χ4v) is 5.80. The molecule has 38 heavy (non-hydrogen) atoms. The Balaban J connectivity index is 1.27. The van der Waals surface area contributed by atoms with E-state index in [4.69, 9.17) is 11.6 Å². The number of amidine groups is 1. The van der Waals surface area contributed by atoms with Crippen LogP contribution < -0.4 is 5.32 Å². The Labute approximate surface area is 227 Å². The van der Waals surface area contributed by atoms with Gasteiger partial charge < -0.3 is 10.2 Å². The zero-order chi connectivity index (χ0) is 26.9. The molecule has 1 N–H and O–H groups in total. The molecule has 2 fully saturated rings. The summed E-state index contributed by atoms with van der Waals surface area (Å²) in [6, 6.07) is 9.24. The van der Waals surface area contributed by atoms with Crippen LogP contribution in [0.25, 0.3) is 17.0 Å². The number of hydrogen-bond acceptors (Lipinski definition) is 5. The SMILES string of the molecule is CN1CCC(CCN=C2NC(=O)/C(=C/c3ccc4c(cnn4Cc4ccc(Cl)cc4C(F)(F)F)c3)S2)CC1.